The Labute approximate surface area is 191 Å². The average Bonchev–Trinajstić information content (AvgIpc) is 3.24. The number of carboxylic acid groups (broad SMARTS) is 2. The van der Waals surface area contributed by atoms with Crippen molar-refractivity contribution in [3.05, 3.63) is 0 Å². The van der Waals surface area contributed by atoms with Gasteiger partial charge in [-0.3, -0.25) is 19.2 Å². The molecule has 0 aliphatic carbocycles. The van der Waals surface area contributed by atoms with Gasteiger partial charge in [0.25, 0.3) is 0 Å². The average molecular weight is 474 g/mol. The fourth-order valence-electron chi connectivity index (χ4n) is 3.56. The third-order valence-corrected chi connectivity index (χ3v) is 5.45. The first-order valence-corrected chi connectivity index (χ1v) is 11.0. The van der Waals surface area contributed by atoms with E-state index >= 15 is 0 Å². The van der Waals surface area contributed by atoms with Gasteiger partial charge in [0, 0.05) is 13.0 Å². The molecule has 0 aromatic carbocycles. The normalized spacial score (nSPS) is 19.3. The fourth-order valence-corrected chi connectivity index (χ4v) is 3.56. The van der Waals surface area contributed by atoms with E-state index in [0.29, 0.717) is 32.2 Å². The van der Waals surface area contributed by atoms with Crippen molar-refractivity contribution in [1.29, 1.82) is 0 Å². The highest BCUT2D eigenvalue weighted by Crippen LogP contribution is 2.19. The Hall–Kier alpha value is -2.77. The molecule has 1 aliphatic rings. The number of amides is 3. The highest BCUT2D eigenvalue weighted by molar-refractivity contribution is 5.94. The van der Waals surface area contributed by atoms with E-state index in [9.17, 15) is 34.2 Å². The van der Waals surface area contributed by atoms with Gasteiger partial charge in [-0.05, 0) is 45.6 Å². The van der Waals surface area contributed by atoms with Gasteiger partial charge >= 0.3 is 11.9 Å². The van der Waals surface area contributed by atoms with Crippen LogP contribution in [-0.2, 0) is 24.0 Å². The van der Waals surface area contributed by atoms with Gasteiger partial charge in [-0.1, -0.05) is 6.42 Å². The highest BCUT2D eigenvalue weighted by Gasteiger charge is 2.40. The first kappa shape index (κ1) is 28.3. The summed E-state index contributed by atoms with van der Waals surface area (Å²) in [6, 6.07) is -4.80. The number of carboxylic acids is 2. The molecule has 1 fully saturated rings. The van der Waals surface area contributed by atoms with Gasteiger partial charge in [0.05, 0.1) is 12.1 Å². The molecule has 13 heteroatoms. The van der Waals surface area contributed by atoms with Crippen LogP contribution in [0.3, 0.4) is 0 Å². The first-order valence-electron chi connectivity index (χ1n) is 11.0. The molecule has 0 saturated carbocycles. The third-order valence-electron chi connectivity index (χ3n) is 5.45. The summed E-state index contributed by atoms with van der Waals surface area (Å²) in [5.41, 5.74) is 11.2. The van der Waals surface area contributed by atoms with Gasteiger partial charge in [0.2, 0.25) is 17.7 Å². The number of unbranched alkanes of at least 4 members (excludes halogenated alkanes) is 1. The fraction of sp³-hybridized carbons (Fsp3) is 0.750. The molecule has 5 unspecified atom stereocenters. The predicted molar refractivity (Wildman–Crippen MR) is 116 cm³/mol. The van der Waals surface area contributed by atoms with Gasteiger partial charge < -0.3 is 42.3 Å². The van der Waals surface area contributed by atoms with Gasteiger partial charge in [-0.25, -0.2) is 4.79 Å². The van der Waals surface area contributed by atoms with Crippen molar-refractivity contribution in [3.8, 4) is 0 Å². The lowest BCUT2D eigenvalue weighted by molar-refractivity contribution is -0.150. The number of carbonyl (C=O) groups is 5. The van der Waals surface area contributed by atoms with Crippen LogP contribution in [0.1, 0.15) is 51.9 Å². The summed E-state index contributed by atoms with van der Waals surface area (Å²) < 4.78 is 0. The van der Waals surface area contributed by atoms with E-state index in [2.05, 4.69) is 10.6 Å². The molecule has 1 heterocycles. The first-order chi connectivity index (χ1) is 15.5. The SMILES string of the molecule is CC(O)C(NC(=O)C(CCC(=O)O)NC(=O)C(N)CCCCN)C(=O)N1CCCC1C(=O)O. The number of aliphatic hydroxyl groups is 1. The van der Waals surface area contributed by atoms with Gasteiger partial charge in [-0.15, -0.1) is 0 Å². The third kappa shape index (κ3) is 8.94. The second kappa shape index (κ2) is 13.7. The van der Waals surface area contributed by atoms with Crippen LogP contribution in [0.5, 0.6) is 0 Å². The number of aliphatic hydroxyl groups excluding tert-OH is 1. The number of aliphatic carboxylic acids is 2. The summed E-state index contributed by atoms with van der Waals surface area (Å²) in [5, 5.41) is 33.1. The maximum absolute atomic E-state index is 12.9. The molecule has 0 spiro atoms. The van der Waals surface area contributed by atoms with Crippen LogP contribution in [-0.4, -0.2) is 93.2 Å². The maximum Gasteiger partial charge on any atom is 0.326 e. The molecule has 0 aromatic rings. The Kier molecular flexibility index (Phi) is 11.7. The molecule has 13 nitrogen and oxygen atoms in total. The Morgan fingerprint density at radius 3 is 2.27 bits per heavy atom. The molecule has 0 bridgehead atoms. The minimum Gasteiger partial charge on any atom is -0.481 e. The Morgan fingerprint density at radius 2 is 1.73 bits per heavy atom. The van der Waals surface area contributed by atoms with Crippen molar-refractivity contribution >= 4 is 29.7 Å². The Bertz CT molecular complexity index is 717. The molecular weight excluding hydrogens is 438 g/mol. The van der Waals surface area contributed by atoms with E-state index in [4.69, 9.17) is 16.6 Å². The minimum absolute atomic E-state index is 0.158. The standard InChI is InChI=1S/C20H35N5O8/c1-11(26)16(19(31)25-10-4-6-14(25)20(32)33)24-18(30)13(7-8-15(27)28)23-17(29)12(22)5-2-3-9-21/h11-14,16,26H,2-10,21-22H2,1H3,(H,23,29)(H,24,30)(H,27,28)(H,32,33). The molecule has 1 rings (SSSR count). The number of hydrogen-bond donors (Lipinski definition) is 7. The summed E-state index contributed by atoms with van der Waals surface area (Å²) in [6.07, 6.45) is 0.198. The maximum atomic E-state index is 12.9. The van der Waals surface area contributed by atoms with Crippen molar-refractivity contribution in [2.75, 3.05) is 13.1 Å². The van der Waals surface area contributed by atoms with E-state index in [1.54, 1.807) is 0 Å². The number of likely N-dealkylation sites (tertiary alicyclic amines) is 1. The lowest BCUT2D eigenvalue weighted by atomic mass is 10.1. The van der Waals surface area contributed by atoms with E-state index < -0.39 is 66.4 Å². The molecule has 188 valence electrons. The van der Waals surface area contributed by atoms with Gasteiger partial charge in [-0.2, -0.15) is 0 Å². The molecule has 9 N–H and O–H groups in total. The van der Waals surface area contributed by atoms with Crippen molar-refractivity contribution < 1.29 is 39.3 Å². The van der Waals surface area contributed by atoms with Crippen LogP contribution in [0, 0.1) is 0 Å². The zero-order valence-corrected chi connectivity index (χ0v) is 18.7. The monoisotopic (exact) mass is 473 g/mol. The van der Waals surface area contributed by atoms with Crippen LogP contribution in [0.2, 0.25) is 0 Å². The van der Waals surface area contributed by atoms with Crippen LogP contribution >= 0.6 is 0 Å². The van der Waals surface area contributed by atoms with E-state index in [1.807, 2.05) is 0 Å². The molecule has 1 aliphatic heterocycles. The predicted octanol–water partition coefficient (Wildman–Crippen LogP) is -2.27. The summed E-state index contributed by atoms with van der Waals surface area (Å²) in [5.74, 6) is -4.71. The number of hydrogen-bond acceptors (Lipinski definition) is 8. The van der Waals surface area contributed by atoms with E-state index in [-0.39, 0.29) is 19.4 Å². The van der Waals surface area contributed by atoms with Crippen molar-refractivity contribution in [2.24, 2.45) is 11.5 Å². The van der Waals surface area contributed by atoms with Crippen LogP contribution in [0.15, 0.2) is 0 Å². The zero-order chi connectivity index (χ0) is 25.1. The molecular formula is C20H35N5O8. The number of rotatable bonds is 14. The van der Waals surface area contributed by atoms with Crippen LogP contribution in [0.4, 0.5) is 0 Å². The number of nitrogens with two attached hydrogens (primary N) is 2. The largest absolute Gasteiger partial charge is 0.481 e. The van der Waals surface area contributed by atoms with Gasteiger partial charge in [0.15, 0.2) is 0 Å². The summed E-state index contributed by atoms with van der Waals surface area (Å²) in [4.78, 5) is 61.6. The van der Waals surface area contributed by atoms with Crippen molar-refractivity contribution in [2.45, 2.75) is 82.1 Å². The number of nitrogens with zero attached hydrogens (tertiary/aromatic N) is 1. The molecule has 0 radical (unpaired) electrons. The second-order valence-corrected chi connectivity index (χ2v) is 8.14. The molecule has 0 aromatic heterocycles. The molecule has 5 atom stereocenters. The smallest absolute Gasteiger partial charge is 0.326 e. The topological polar surface area (TPSA) is 225 Å². The van der Waals surface area contributed by atoms with Crippen molar-refractivity contribution in [3.63, 3.8) is 0 Å². The van der Waals surface area contributed by atoms with Crippen molar-refractivity contribution in [1.82, 2.24) is 15.5 Å². The summed E-state index contributed by atoms with van der Waals surface area (Å²) in [7, 11) is 0. The number of nitrogens with one attached hydrogen (secondary N) is 2. The Balaban J connectivity index is 2.92. The molecule has 33 heavy (non-hydrogen) atoms. The van der Waals surface area contributed by atoms with Gasteiger partial charge in [0.1, 0.15) is 18.1 Å². The second-order valence-electron chi connectivity index (χ2n) is 8.14. The lowest BCUT2D eigenvalue weighted by Gasteiger charge is -2.30. The van der Waals surface area contributed by atoms with E-state index in [0.717, 1.165) is 4.90 Å². The summed E-state index contributed by atoms with van der Waals surface area (Å²) >= 11 is 0. The number of carbonyl (C=O) groups excluding carboxylic acids is 3. The quantitative estimate of drug-likeness (QED) is 0.134. The highest BCUT2D eigenvalue weighted by atomic mass is 16.4. The lowest BCUT2D eigenvalue weighted by Crippen LogP contribution is -2.59. The van der Waals surface area contributed by atoms with E-state index in [1.165, 1.54) is 6.92 Å². The van der Waals surface area contributed by atoms with Crippen LogP contribution < -0.4 is 22.1 Å². The molecule has 1 saturated heterocycles. The molecule has 3 amide bonds. The zero-order valence-electron chi connectivity index (χ0n) is 18.7. The van der Waals surface area contributed by atoms with Crippen LogP contribution in [0.25, 0.3) is 0 Å². The summed E-state index contributed by atoms with van der Waals surface area (Å²) in [6.45, 7) is 1.85. The minimum atomic E-state index is -1.47. The Morgan fingerprint density at radius 1 is 1.06 bits per heavy atom.